The van der Waals surface area contributed by atoms with Gasteiger partial charge in [0.1, 0.15) is 5.82 Å². The Morgan fingerprint density at radius 2 is 2.29 bits per heavy atom. The Balaban J connectivity index is 2.64. The summed E-state index contributed by atoms with van der Waals surface area (Å²) in [6, 6.07) is 6.78. The molecule has 0 N–H and O–H groups in total. The molecular formula is C14H12FNO. The number of hydrogen-bond acceptors (Lipinski definition) is 2. The lowest BCUT2D eigenvalue weighted by Gasteiger charge is -2.08. The third-order valence-electron chi connectivity index (χ3n) is 2.41. The van der Waals surface area contributed by atoms with E-state index in [1.807, 2.05) is 6.92 Å². The predicted octanol–water partition coefficient (Wildman–Crippen LogP) is 3.54. The van der Waals surface area contributed by atoms with Crippen molar-refractivity contribution in [3.63, 3.8) is 0 Å². The number of benzene rings is 1. The van der Waals surface area contributed by atoms with Crippen LogP contribution in [0.2, 0.25) is 0 Å². The van der Waals surface area contributed by atoms with Crippen molar-refractivity contribution in [1.29, 1.82) is 0 Å². The second-order valence-corrected chi connectivity index (χ2v) is 3.44. The highest BCUT2D eigenvalue weighted by Crippen LogP contribution is 2.24. The molecule has 86 valence electrons. The Kier molecular flexibility index (Phi) is 3.22. The third-order valence-corrected chi connectivity index (χ3v) is 2.41. The first-order chi connectivity index (χ1) is 8.27. The smallest absolute Gasteiger partial charge is 0.171 e. The van der Waals surface area contributed by atoms with E-state index in [0.29, 0.717) is 28.8 Å². The molecule has 1 aromatic carbocycles. The molecule has 0 unspecified atom stereocenters. The summed E-state index contributed by atoms with van der Waals surface area (Å²) >= 11 is 0. The number of fused-ring (bicyclic) bond motifs is 1. The summed E-state index contributed by atoms with van der Waals surface area (Å²) in [6.07, 6.45) is 1.63. The molecule has 17 heavy (non-hydrogen) atoms. The molecule has 3 heteroatoms. The lowest BCUT2D eigenvalue weighted by atomic mass is 10.1. The summed E-state index contributed by atoms with van der Waals surface area (Å²) in [5.41, 5.74) is 3.59. The fraction of sp³-hybridized carbons (Fsp3) is 0.143. The van der Waals surface area contributed by atoms with Gasteiger partial charge in [-0.15, -0.1) is 0 Å². The van der Waals surface area contributed by atoms with Gasteiger partial charge in [0.15, 0.2) is 5.76 Å². The highest BCUT2D eigenvalue weighted by molar-refractivity contribution is 5.83. The van der Waals surface area contributed by atoms with E-state index in [2.05, 4.69) is 17.3 Å². The second kappa shape index (κ2) is 4.81. The highest BCUT2D eigenvalue weighted by Gasteiger charge is 2.12. The number of nitrogens with zero attached hydrogens (tertiary/aromatic N) is 1. The lowest BCUT2D eigenvalue weighted by molar-refractivity contribution is 0.297. The lowest BCUT2D eigenvalue weighted by Crippen LogP contribution is -1.95. The van der Waals surface area contributed by atoms with Gasteiger partial charge in [0.05, 0.1) is 17.7 Å². The van der Waals surface area contributed by atoms with Crippen molar-refractivity contribution < 1.29 is 9.13 Å². The van der Waals surface area contributed by atoms with Crippen molar-refractivity contribution >= 4 is 16.7 Å². The molecule has 0 aliphatic carbocycles. The topological polar surface area (TPSA) is 22.1 Å². The van der Waals surface area contributed by atoms with E-state index in [-0.39, 0.29) is 5.82 Å². The highest BCUT2D eigenvalue weighted by atomic mass is 19.1. The fourth-order valence-corrected chi connectivity index (χ4v) is 1.66. The van der Waals surface area contributed by atoms with Gasteiger partial charge in [0, 0.05) is 11.6 Å². The number of hydrogen-bond donors (Lipinski definition) is 0. The van der Waals surface area contributed by atoms with E-state index < -0.39 is 0 Å². The predicted molar refractivity (Wildman–Crippen MR) is 65.9 cm³/mol. The molecule has 0 radical (unpaired) electrons. The maximum Gasteiger partial charge on any atom is 0.171 e. The molecule has 0 aliphatic heterocycles. The van der Waals surface area contributed by atoms with Gasteiger partial charge in [-0.1, -0.05) is 12.3 Å². The largest absolute Gasteiger partial charge is 0.486 e. The number of halogens is 1. The van der Waals surface area contributed by atoms with Crippen molar-refractivity contribution in [2.24, 2.45) is 0 Å². The summed E-state index contributed by atoms with van der Waals surface area (Å²) in [5.74, 6) is -0.0223. The van der Waals surface area contributed by atoms with Gasteiger partial charge >= 0.3 is 0 Å². The average Bonchev–Trinajstić information content (AvgIpc) is 2.37. The Hall–Kier alpha value is -2.12. The van der Waals surface area contributed by atoms with E-state index in [4.69, 9.17) is 4.74 Å². The molecule has 1 heterocycles. The van der Waals surface area contributed by atoms with Gasteiger partial charge in [-0.25, -0.2) is 4.39 Å². The summed E-state index contributed by atoms with van der Waals surface area (Å²) in [7, 11) is 0. The molecule has 0 amide bonds. The van der Waals surface area contributed by atoms with E-state index in [9.17, 15) is 4.39 Å². The van der Waals surface area contributed by atoms with Crippen molar-refractivity contribution in [3.05, 3.63) is 54.2 Å². The summed E-state index contributed by atoms with van der Waals surface area (Å²) in [5, 5.41) is 0.470. The first-order valence-electron chi connectivity index (χ1n) is 5.34. The van der Waals surface area contributed by atoms with E-state index in [0.717, 1.165) is 0 Å². The van der Waals surface area contributed by atoms with Gasteiger partial charge < -0.3 is 4.74 Å². The van der Waals surface area contributed by atoms with Crippen LogP contribution in [0.25, 0.3) is 16.7 Å². The van der Waals surface area contributed by atoms with Crippen LogP contribution in [-0.2, 0) is 4.74 Å². The van der Waals surface area contributed by atoms with E-state index in [1.165, 1.54) is 0 Å². The Bertz CT molecular complexity index is 600. The summed E-state index contributed by atoms with van der Waals surface area (Å²) in [6.45, 7) is 5.79. The number of aromatic nitrogens is 1. The zero-order valence-corrected chi connectivity index (χ0v) is 9.53. The average molecular weight is 229 g/mol. The fourth-order valence-electron chi connectivity index (χ4n) is 1.66. The molecule has 2 nitrogen and oxygen atoms in total. The number of ether oxygens (including phenoxy) is 1. The molecule has 0 saturated carbocycles. The van der Waals surface area contributed by atoms with Crippen LogP contribution in [-0.4, -0.2) is 11.6 Å². The number of rotatable bonds is 3. The third kappa shape index (κ3) is 2.05. The minimum atomic E-state index is -0.352. The standard InChI is InChI=1S/C14H12FNO/c1-3-13(17-4-2)11-7-8-12-10(14(11)15)6-5-9-16-12/h5-9H,1,4H2,2H3. The van der Waals surface area contributed by atoms with Crippen LogP contribution in [0.15, 0.2) is 42.8 Å². The zero-order valence-electron chi connectivity index (χ0n) is 9.53. The molecular weight excluding hydrogens is 217 g/mol. The van der Waals surface area contributed by atoms with E-state index >= 15 is 0 Å². The molecule has 0 atom stereocenters. The molecule has 0 aliphatic rings. The molecule has 2 rings (SSSR count). The first kappa shape index (κ1) is 11.4. The van der Waals surface area contributed by atoms with Gasteiger partial charge in [0.25, 0.3) is 0 Å². The minimum absolute atomic E-state index is 0.329. The van der Waals surface area contributed by atoms with Gasteiger partial charge in [-0.2, -0.15) is 0 Å². The van der Waals surface area contributed by atoms with Crippen LogP contribution in [0, 0.1) is 5.82 Å². The zero-order chi connectivity index (χ0) is 12.3. The molecule has 0 saturated heterocycles. The van der Waals surface area contributed by atoms with Crippen molar-refractivity contribution in [2.75, 3.05) is 6.61 Å². The minimum Gasteiger partial charge on any atom is -0.486 e. The second-order valence-electron chi connectivity index (χ2n) is 3.44. The first-order valence-corrected chi connectivity index (χ1v) is 5.34. The number of pyridine rings is 1. The van der Waals surface area contributed by atoms with Gasteiger partial charge in [-0.3, -0.25) is 4.98 Å². The summed E-state index contributed by atoms with van der Waals surface area (Å²) < 4.78 is 19.5. The quantitative estimate of drug-likeness (QED) is 0.593. The van der Waals surface area contributed by atoms with Crippen LogP contribution >= 0.6 is 0 Å². The normalized spacial score (nSPS) is 10.0. The molecule has 0 bridgehead atoms. The molecule has 0 fully saturated rings. The molecule has 2 aromatic rings. The molecule has 1 aromatic heterocycles. The van der Waals surface area contributed by atoms with Crippen LogP contribution in [0.3, 0.4) is 0 Å². The maximum atomic E-state index is 14.2. The van der Waals surface area contributed by atoms with E-state index in [1.54, 1.807) is 30.5 Å². The Labute approximate surface area is 99.1 Å². The summed E-state index contributed by atoms with van der Waals surface area (Å²) in [4.78, 5) is 4.09. The Morgan fingerprint density at radius 1 is 1.47 bits per heavy atom. The monoisotopic (exact) mass is 229 g/mol. The Morgan fingerprint density at radius 3 is 3.00 bits per heavy atom. The van der Waals surface area contributed by atoms with Crippen LogP contribution in [0.1, 0.15) is 12.5 Å². The van der Waals surface area contributed by atoms with Crippen molar-refractivity contribution in [3.8, 4) is 0 Å². The van der Waals surface area contributed by atoms with Crippen LogP contribution < -0.4 is 0 Å². The molecule has 0 spiro atoms. The van der Waals surface area contributed by atoms with Gasteiger partial charge in [-0.05, 0) is 31.2 Å². The van der Waals surface area contributed by atoms with Crippen molar-refractivity contribution in [1.82, 2.24) is 4.98 Å². The SMILES string of the molecule is C=C=C(OCC)c1ccc2ncccc2c1F. The van der Waals surface area contributed by atoms with Gasteiger partial charge in [0.2, 0.25) is 0 Å². The van der Waals surface area contributed by atoms with Crippen LogP contribution in [0.5, 0.6) is 0 Å². The van der Waals surface area contributed by atoms with Crippen molar-refractivity contribution in [2.45, 2.75) is 6.92 Å². The van der Waals surface area contributed by atoms with Crippen LogP contribution in [0.4, 0.5) is 4.39 Å². The maximum absolute atomic E-state index is 14.2.